The van der Waals surface area contributed by atoms with Gasteiger partial charge in [0, 0.05) is 55.5 Å². The number of nitrogens with two attached hydrogens (primary N) is 3. The highest BCUT2D eigenvalue weighted by Gasteiger charge is 2.18. The van der Waals surface area contributed by atoms with Gasteiger partial charge in [-0.15, -0.1) is 0 Å². The van der Waals surface area contributed by atoms with Gasteiger partial charge < -0.3 is 22.5 Å². The van der Waals surface area contributed by atoms with E-state index in [-0.39, 0.29) is 5.28 Å². The van der Waals surface area contributed by atoms with Gasteiger partial charge in [-0.3, -0.25) is 0 Å². The second-order valence-electron chi connectivity index (χ2n) is 15.0. The Bertz CT molecular complexity index is 3380. The van der Waals surface area contributed by atoms with Crippen LogP contribution < -0.4 is 22.5 Å². The average Bonchev–Trinajstić information content (AvgIpc) is 3.29. The van der Waals surface area contributed by atoms with Crippen molar-refractivity contribution in [3.05, 3.63) is 169 Å². The van der Waals surface area contributed by atoms with Crippen molar-refractivity contribution in [1.82, 2.24) is 19.9 Å². The molecule has 0 aliphatic carbocycles. The van der Waals surface area contributed by atoms with Crippen molar-refractivity contribution >= 4 is 97.7 Å². The third-order valence-corrected chi connectivity index (χ3v) is 10.8. The van der Waals surface area contributed by atoms with Gasteiger partial charge in [-0.25, -0.2) is 15.0 Å². The number of hydrogen-bond acceptors (Lipinski definition) is 12. The molecule has 0 aliphatic rings. The minimum absolute atomic E-state index is 0.0949. The van der Waals surface area contributed by atoms with E-state index in [4.69, 9.17) is 78.0 Å². The van der Waals surface area contributed by atoms with E-state index in [1.807, 2.05) is 82.3 Å². The number of halogens is 3. The van der Waals surface area contributed by atoms with Crippen LogP contribution in [0.3, 0.4) is 0 Å². The summed E-state index contributed by atoms with van der Waals surface area (Å²) in [7, 11) is 0. The molecule has 0 aliphatic heterocycles. The molecule has 0 spiro atoms. The van der Waals surface area contributed by atoms with Gasteiger partial charge in [0.15, 0.2) is 0 Å². The molecule has 8 rings (SSSR count). The predicted molar refractivity (Wildman–Crippen MR) is 272 cm³/mol. The number of anilines is 5. The van der Waals surface area contributed by atoms with E-state index in [0.717, 1.165) is 61.3 Å². The largest absolute Gasteiger partial charge is 0.399 e. The third kappa shape index (κ3) is 11.6. The zero-order valence-electron chi connectivity index (χ0n) is 36.5. The molecule has 15 heteroatoms. The lowest BCUT2D eigenvalue weighted by Gasteiger charge is -2.16. The van der Waals surface area contributed by atoms with Crippen LogP contribution in [0.1, 0.15) is 44.5 Å². The number of nitrogen functional groups attached to an aromatic ring is 3. The van der Waals surface area contributed by atoms with Crippen LogP contribution in [0.25, 0.3) is 56.2 Å². The molecule has 67 heavy (non-hydrogen) atoms. The zero-order chi connectivity index (χ0) is 48.4. The van der Waals surface area contributed by atoms with Crippen LogP contribution in [-0.2, 0) is 0 Å². The van der Waals surface area contributed by atoms with Gasteiger partial charge in [0.05, 0.1) is 46.4 Å². The molecule has 0 unspecified atom stereocenters. The lowest BCUT2D eigenvalue weighted by molar-refractivity contribution is 1.22. The fraction of sp³-hybridized carbons (Fsp3) is 0.0769. The van der Waals surface area contributed by atoms with E-state index < -0.39 is 0 Å². The lowest BCUT2D eigenvalue weighted by Crippen LogP contribution is -2.03. The number of benzene rings is 6. The van der Waals surface area contributed by atoms with E-state index in [9.17, 15) is 0 Å². The molecule has 2 heterocycles. The van der Waals surface area contributed by atoms with E-state index in [2.05, 4.69) is 26.3 Å². The maximum Gasteiger partial charge on any atom is 0.229 e. The lowest BCUT2D eigenvalue weighted by atomic mass is 9.92. The summed E-state index contributed by atoms with van der Waals surface area (Å²) in [6, 6.07) is 37.2. The van der Waals surface area contributed by atoms with Crippen LogP contribution in [0, 0.1) is 73.0 Å². The Hall–Kier alpha value is -8.49. The monoisotopic (exact) mass is 936 g/mol. The highest BCUT2D eigenvalue weighted by atomic mass is 35.5. The fourth-order valence-corrected chi connectivity index (χ4v) is 8.08. The van der Waals surface area contributed by atoms with Crippen molar-refractivity contribution in [2.75, 3.05) is 22.5 Å². The van der Waals surface area contributed by atoms with Crippen molar-refractivity contribution in [2.24, 2.45) is 0 Å². The summed E-state index contributed by atoms with van der Waals surface area (Å²) in [6.45, 7) is 8.04. The van der Waals surface area contributed by atoms with Crippen LogP contribution in [0.15, 0.2) is 109 Å². The Morgan fingerprint density at radius 2 is 0.940 bits per heavy atom. The Kier molecular flexibility index (Phi) is 15.4. The summed E-state index contributed by atoms with van der Waals surface area (Å²) in [4.78, 5) is 17.5. The Labute approximate surface area is 402 Å². The summed E-state index contributed by atoms with van der Waals surface area (Å²) in [6.07, 6.45) is 6.46. The maximum atomic E-state index is 9.00. The molecule has 7 N–H and O–H groups in total. The quantitative estimate of drug-likeness (QED) is 0.0692. The number of aryl methyl sites for hydroxylation is 4. The molecule has 0 atom stereocenters. The van der Waals surface area contributed by atoms with Crippen molar-refractivity contribution < 1.29 is 0 Å². The van der Waals surface area contributed by atoms with Crippen molar-refractivity contribution in [3.63, 3.8) is 0 Å². The molecule has 0 saturated carbocycles. The number of fused-ring (bicyclic) bond motifs is 2. The minimum Gasteiger partial charge on any atom is -0.399 e. The first-order valence-electron chi connectivity index (χ1n) is 20.2. The SMILES string of the molecule is Cc1cc(/C=C/C#N)cc(C)c1-c1cc(Cl)cc2c(N)nc(Cl)nc12.Cc1cc(/C=C/C#N)cc(C)c1-c1cc(Cl)cc2c(N)nc(Nc3ccc(C#N)cc3)nc12.N#Cc1ccc(N)cc1. The molecular weight excluding hydrogens is 899 g/mol. The van der Waals surface area contributed by atoms with Crippen molar-refractivity contribution in [2.45, 2.75) is 27.7 Å². The normalized spacial score (nSPS) is 10.6. The molecule has 8 aromatic rings. The van der Waals surface area contributed by atoms with Gasteiger partial charge in [-0.1, -0.05) is 47.5 Å². The maximum absolute atomic E-state index is 9.00. The molecular formula is C52H39Cl3N12. The molecule has 12 nitrogen and oxygen atoms in total. The van der Waals surface area contributed by atoms with Crippen LogP contribution >= 0.6 is 34.8 Å². The van der Waals surface area contributed by atoms with Gasteiger partial charge in [0.2, 0.25) is 11.2 Å². The number of allylic oxidation sites excluding steroid dienone is 2. The van der Waals surface area contributed by atoms with Crippen molar-refractivity contribution in [3.8, 4) is 46.5 Å². The standard InChI is InChI=1S/C26H19ClN6.C19H14Cl2N4.C7H6N2/c1-15-10-18(4-3-9-28)11-16(2)23(15)21-12-19(27)13-22-24(21)32-26(33-25(22)30)31-20-7-5-17(14-29)6-8-20;1-10-6-12(4-3-5-22)7-11(2)16(10)14-8-13(20)9-15-17(14)24-19(21)25-18(15)23;8-5-6-1-3-7(9)4-2-6/h3-8,10-13H,1-2H3,(H3,30,31,32,33);3-4,6-9H,1-2H3,(H2,23,24,25);1-4H,9H2/b2*4-3+;. The summed E-state index contributed by atoms with van der Waals surface area (Å²) >= 11 is 18.8. The summed E-state index contributed by atoms with van der Waals surface area (Å²) in [5.74, 6) is 0.948. The van der Waals surface area contributed by atoms with Crippen molar-refractivity contribution in [1.29, 1.82) is 21.0 Å². The van der Waals surface area contributed by atoms with Gasteiger partial charge in [-0.2, -0.15) is 26.0 Å². The highest BCUT2D eigenvalue weighted by molar-refractivity contribution is 6.33. The Balaban J connectivity index is 0.000000191. The van der Waals surface area contributed by atoms with Gasteiger partial charge in [-0.05, 0) is 169 Å². The first kappa shape index (κ1) is 48.0. The molecule has 6 aromatic carbocycles. The van der Waals surface area contributed by atoms with E-state index in [1.54, 1.807) is 72.8 Å². The van der Waals surface area contributed by atoms with E-state index in [0.29, 0.717) is 66.2 Å². The smallest absolute Gasteiger partial charge is 0.229 e. The topological polar surface area (TPSA) is 237 Å². The highest BCUT2D eigenvalue weighted by Crippen LogP contribution is 2.39. The summed E-state index contributed by atoms with van der Waals surface area (Å²) in [5.41, 5.74) is 31.4. The number of aromatic nitrogens is 4. The summed E-state index contributed by atoms with van der Waals surface area (Å²) < 4.78 is 0. The van der Waals surface area contributed by atoms with Crippen LogP contribution in [0.4, 0.5) is 29.0 Å². The molecule has 0 fully saturated rings. The number of hydrogen-bond donors (Lipinski definition) is 4. The first-order chi connectivity index (χ1) is 32.1. The van der Waals surface area contributed by atoms with Gasteiger partial charge in [0.1, 0.15) is 11.6 Å². The molecule has 0 bridgehead atoms. The van der Waals surface area contributed by atoms with Crippen LogP contribution in [0.5, 0.6) is 0 Å². The minimum atomic E-state index is 0.0949. The molecule has 328 valence electrons. The Morgan fingerprint density at radius 1 is 0.522 bits per heavy atom. The molecule has 0 saturated heterocycles. The molecule has 0 radical (unpaired) electrons. The Morgan fingerprint density at radius 3 is 1.37 bits per heavy atom. The second kappa shape index (κ2) is 21.5. The molecule has 0 amide bonds. The fourth-order valence-electron chi connectivity index (χ4n) is 7.47. The average molecular weight is 938 g/mol. The second-order valence-corrected chi connectivity index (χ2v) is 16.3. The van der Waals surface area contributed by atoms with Gasteiger partial charge >= 0.3 is 0 Å². The van der Waals surface area contributed by atoms with E-state index >= 15 is 0 Å². The van der Waals surface area contributed by atoms with Crippen LogP contribution in [-0.4, -0.2) is 19.9 Å². The number of rotatable bonds is 6. The zero-order valence-corrected chi connectivity index (χ0v) is 38.8. The molecule has 2 aromatic heterocycles. The number of nitrogens with one attached hydrogen (secondary N) is 1. The number of nitrogens with zero attached hydrogens (tertiary/aromatic N) is 8. The summed E-state index contributed by atoms with van der Waals surface area (Å²) in [5, 5.41) is 40.5. The van der Waals surface area contributed by atoms with Gasteiger partial charge in [0.25, 0.3) is 0 Å². The third-order valence-electron chi connectivity index (χ3n) is 10.2. The predicted octanol–water partition coefficient (Wildman–Crippen LogP) is 12.8. The van der Waals surface area contributed by atoms with Crippen LogP contribution in [0.2, 0.25) is 15.3 Å². The number of nitriles is 4. The first-order valence-corrected chi connectivity index (χ1v) is 21.3. The van der Waals surface area contributed by atoms with E-state index in [1.165, 1.54) is 12.2 Å².